The number of carbonyl (C=O) groups excluding carboxylic acids is 1. The normalized spacial score (nSPS) is 8.07. The summed E-state index contributed by atoms with van der Waals surface area (Å²) in [6.07, 6.45) is 8.36. The maximum Gasteiger partial charge on any atom is 0.255 e. The Labute approximate surface area is 257 Å². The van der Waals surface area contributed by atoms with Crippen molar-refractivity contribution in [2.24, 2.45) is 0 Å². The fraction of sp³-hybridized carbons (Fsp3) is 0.361. The van der Waals surface area contributed by atoms with Gasteiger partial charge >= 0.3 is 0 Å². The minimum absolute atomic E-state index is 0.111. The molecule has 0 unspecified atom stereocenters. The molecule has 1 heterocycles. The van der Waals surface area contributed by atoms with Crippen LogP contribution in [0.4, 0.5) is 5.69 Å². The summed E-state index contributed by atoms with van der Waals surface area (Å²) in [6, 6.07) is 15.0. The fourth-order valence-corrected chi connectivity index (χ4v) is 2.31. The van der Waals surface area contributed by atoms with Gasteiger partial charge in [0.15, 0.2) is 0 Å². The highest BCUT2D eigenvalue weighted by Gasteiger charge is 2.07. The largest absolute Gasteiger partial charge is 0.471 e. The lowest BCUT2D eigenvalue weighted by molar-refractivity contribution is 0.102. The predicted molar refractivity (Wildman–Crippen MR) is 186 cm³/mol. The zero-order valence-corrected chi connectivity index (χ0v) is 28.3. The van der Waals surface area contributed by atoms with Gasteiger partial charge in [-0.25, -0.2) is 0 Å². The van der Waals surface area contributed by atoms with Crippen molar-refractivity contribution < 1.29 is 9.53 Å². The van der Waals surface area contributed by atoms with E-state index >= 15 is 0 Å². The molecule has 1 aromatic heterocycles. The van der Waals surface area contributed by atoms with Crippen LogP contribution in [0.5, 0.6) is 0 Å². The number of aryl methyl sites for hydroxylation is 1. The van der Waals surface area contributed by atoms with E-state index in [2.05, 4.69) is 60.4 Å². The van der Waals surface area contributed by atoms with E-state index in [1.54, 1.807) is 25.4 Å². The number of allylic oxidation sites excluding steroid dienone is 3. The van der Waals surface area contributed by atoms with E-state index in [0.29, 0.717) is 11.3 Å². The Morgan fingerprint density at radius 3 is 1.74 bits per heavy atom. The minimum Gasteiger partial charge on any atom is -0.471 e. The standard InChI is InChI=1S/C17H16N4O.C5H8O.C5H10.C3H6.3C2H6/c1-2-13-4-3-5-14(12-13)17(22)20-15-6-8-16(9-7-15)21-18-10-11-19-21;1-4-6-5(2)3;1-4-5(2)3;1-3-2;3*1-2/h3-12H,2H2,1H3,(H,20,22);4H,1-2H2,3H3;2,4H2,1,3H3;3H,1H2,2H3;3*1-2H3. The lowest BCUT2D eigenvalue weighted by Crippen LogP contribution is -2.12. The maximum atomic E-state index is 12.3. The molecule has 0 saturated carbocycles. The van der Waals surface area contributed by atoms with Crippen molar-refractivity contribution >= 4 is 11.6 Å². The summed E-state index contributed by atoms with van der Waals surface area (Å²) in [7, 11) is 0. The highest BCUT2D eigenvalue weighted by molar-refractivity contribution is 6.04. The third-order valence-corrected chi connectivity index (χ3v) is 4.26. The summed E-state index contributed by atoms with van der Waals surface area (Å²) in [5.41, 5.74) is 4.65. The van der Waals surface area contributed by atoms with Gasteiger partial charge in [0.2, 0.25) is 0 Å². The third-order valence-electron chi connectivity index (χ3n) is 4.26. The Morgan fingerprint density at radius 1 is 0.905 bits per heavy atom. The second kappa shape index (κ2) is 33.0. The van der Waals surface area contributed by atoms with Crippen LogP contribution >= 0.6 is 0 Å². The van der Waals surface area contributed by atoms with Gasteiger partial charge in [0.1, 0.15) is 0 Å². The van der Waals surface area contributed by atoms with Gasteiger partial charge in [0.25, 0.3) is 5.91 Å². The number of nitrogens with one attached hydrogen (secondary N) is 1. The number of nitrogens with zero attached hydrogens (tertiary/aromatic N) is 3. The van der Waals surface area contributed by atoms with Gasteiger partial charge in [-0.15, -0.1) is 13.2 Å². The predicted octanol–water partition coefficient (Wildman–Crippen LogP) is 11.0. The number of benzene rings is 2. The summed E-state index contributed by atoms with van der Waals surface area (Å²) in [5, 5.41) is 11.0. The van der Waals surface area contributed by atoms with Crippen LogP contribution in [0.2, 0.25) is 0 Å². The number of carbonyl (C=O) groups is 1. The molecule has 3 rings (SSSR count). The Bertz CT molecular complexity index is 1070. The van der Waals surface area contributed by atoms with E-state index in [9.17, 15) is 4.79 Å². The van der Waals surface area contributed by atoms with Crippen LogP contribution in [0.3, 0.4) is 0 Å². The number of ether oxygens (including phenoxy) is 1. The molecule has 3 aromatic rings. The van der Waals surface area contributed by atoms with E-state index in [0.717, 1.165) is 29.8 Å². The smallest absolute Gasteiger partial charge is 0.255 e. The van der Waals surface area contributed by atoms with Gasteiger partial charge < -0.3 is 10.1 Å². The van der Waals surface area contributed by atoms with Crippen LogP contribution in [0.1, 0.15) is 98.5 Å². The highest BCUT2D eigenvalue weighted by Crippen LogP contribution is 2.14. The average molecular weight is 579 g/mol. The summed E-state index contributed by atoms with van der Waals surface area (Å²) in [6.45, 7) is 35.7. The number of amides is 1. The molecule has 0 aliphatic carbocycles. The molecule has 0 spiro atoms. The van der Waals surface area contributed by atoms with Crippen molar-refractivity contribution in [3.8, 4) is 5.69 Å². The van der Waals surface area contributed by atoms with Crippen molar-refractivity contribution in [2.75, 3.05) is 5.32 Å². The van der Waals surface area contributed by atoms with Crippen molar-refractivity contribution in [1.29, 1.82) is 0 Å². The molecule has 0 fully saturated rings. The zero-order valence-electron chi connectivity index (χ0n) is 28.3. The van der Waals surface area contributed by atoms with Crippen molar-refractivity contribution in [2.45, 2.75) is 89.0 Å². The molecule has 42 heavy (non-hydrogen) atoms. The first-order valence-corrected chi connectivity index (χ1v) is 14.7. The van der Waals surface area contributed by atoms with Crippen LogP contribution in [-0.4, -0.2) is 20.9 Å². The van der Waals surface area contributed by atoms with E-state index in [4.69, 9.17) is 0 Å². The molecule has 0 atom stereocenters. The van der Waals surface area contributed by atoms with Gasteiger partial charge in [-0.2, -0.15) is 15.0 Å². The SMILES string of the molecule is C=C(C)CC.C=CC.C=COC(=C)C.CC.CC.CC.CCc1cccc(C(=O)Nc2ccc(-n3nccn3)cc2)c1. The third kappa shape index (κ3) is 24.8. The van der Waals surface area contributed by atoms with Gasteiger partial charge in [0, 0.05) is 11.3 Å². The van der Waals surface area contributed by atoms with Crippen LogP contribution in [0, 0.1) is 0 Å². The van der Waals surface area contributed by atoms with Crippen molar-refractivity contribution in [3.63, 3.8) is 0 Å². The number of hydrogen-bond donors (Lipinski definition) is 1. The average Bonchev–Trinajstić information content (AvgIpc) is 3.57. The minimum atomic E-state index is -0.111. The highest BCUT2D eigenvalue weighted by atomic mass is 16.5. The monoisotopic (exact) mass is 578 g/mol. The van der Waals surface area contributed by atoms with E-state index in [-0.39, 0.29) is 5.91 Å². The summed E-state index contributed by atoms with van der Waals surface area (Å²) in [5.74, 6) is 0.560. The summed E-state index contributed by atoms with van der Waals surface area (Å²) in [4.78, 5) is 13.8. The molecular formula is C36H58N4O2. The lowest BCUT2D eigenvalue weighted by Gasteiger charge is -2.07. The van der Waals surface area contributed by atoms with Gasteiger partial charge in [-0.3, -0.25) is 4.79 Å². The Balaban J connectivity index is -0.000000299. The first-order chi connectivity index (χ1) is 20.2. The zero-order chi connectivity index (χ0) is 33.3. The van der Waals surface area contributed by atoms with Crippen molar-refractivity contribution in [3.05, 3.63) is 122 Å². The van der Waals surface area contributed by atoms with E-state index < -0.39 is 0 Å². The second-order valence-corrected chi connectivity index (χ2v) is 7.58. The lowest BCUT2D eigenvalue weighted by atomic mass is 10.1. The fourth-order valence-electron chi connectivity index (χ4n) is 2.31. The molecule has 2 aromatic carbocycles. The first kappa shape index (κ1) is 44.8. The molecule has 234 valence electrons. The van der Waals surface area contributed by atoms with Crippen LogP contribution < -0.4 is 5.32 Å². The first-order valence-electron chi connectivity index (χ1n) is 14.7. The van der Waals surface area contributed by atoms with Gasteiger partial charge in [-0.05, 0) is 75.6 Å². The topological polar surface area (TPSA) is 69.0 Å². The number of aromatic nitrogens is 3. The number of rotatable bonds is 7. The molecule has 6 heteroatoms. The molecule has 0 aliphatic rings. The molecule has 0 saturated heterocycles. The van der Waals surface area contributed by atoms with Gasteiger partial charge in [-0.1, -0.05) is 92.3 Å². The quantitative estimate of drug-likeness (QED) is 0.224. The molecule has 0 radical (unpaired) electrons. The van der Waals surface area contributed by atoms with Crippen LogP contribution in [0.25, 0.3) is 5.69 Å². The molecule has 1 N–H and O–H groups in total. The van der Waals surface area contributed by atoms with E-state index in [1.165, 1.54) is 16.6 Å². The molecule has 1 amide bonds. The molecule has 0 aliphatic heterocycles. The van der Waals surface area contributed by atoms with Crippen LogP contribution in [-0.2, 0) is 11.2 Å². The molecular weight excluding hydrogens is 520 g/mol. The van der Waals surface area contributed by atoms with E-state index in [1.807, 2.05) is 104 Å². The molecule has 6 nitrogen and oxygen atoms in total. The van der Waals surface area contributed by atoms with Crippen molar-refractivity contribution in [1.82, 2.24) is 15.0 Å². The maximum absolute atomic E-state index is 12.3. The number of anilines is 1. The number of hydrogen-bond acceptors (Lipinski definition) is 4. The summed E-state index contributed by atoms with van der Waals surface area (Å²) >= 11 is 0. The van der Waals surface area contributed by atoms with Gasteiger partial charge in [0.05, 0.1) is 30.1 Å². The second-order valence-electron chi connectivity index (χ2n) is 7.58. The Kier molecular flexibility index (Phi) is 35.2. The Hall–Kier alpha value is -4.19. The summed E-state index contributed by atoms with van der Waals surface area (Å²) < 4.78 is 4.61. The Morgan fingerprint density at radius 2 is 1.38 bits per heavy atom. The molecule has 0 bridgehead atoms. The van der Waals surface area contributed by atoms with Crippen LogP contribution in [0.15, 0.2) is 111 Å².